The van der Waals surface area contributed by atoms with Gasteiger partial charge in [-0.1, -0.05) is 47.1 Å². The van der Waals surface area contributed by atoms with E-state index in [0.29, 0.717) is 6.04 Å². The molecule has 21 heavy (non-hydrogen) atoms. The van der Waals surface area contributed by atoms with Crippen LogP contribution in [-0.2, 0) is 6.42 Å². The van der Waals surface area contributed by atoms with Gasteiger partial charge in [-0.15, -0.1) is 0 Å². The fraction of sp³-hybridized carbons (Fsp3) is 0.333. The lowest BCUT2D eigenvalue weighted by Gasteiger charge is -2.19. The van der Waals surface area contributed by atoms with Crippen LogP contribution in [0.15, 0.2) is 46.9 Å². The lowest BCUT2D eigenvalue weighted by Crippen LogP contribution is -2.23. The van der Waals surface area contributed by atoms with Crippen molar-refractivity contribution in [2.75, 3.05) is 13.7 Å². The predicted octanol–water partition coefficient (Wildman–Crippen LogP) is 4.66. The van der Waals surface area contributed by atoms with Crippen LogP contribution in [-0.4, -0.2) is 13.7 Å². The molecule has 0 radical (unpaired) electrons. The van der Waals surface area contributed by atoms with Gasteiger partial charge >= 0.3 is 0 Å². The molecular formula is C18H22BrNO. The Morgan fingerprint density at radius 2 is 2.00 bits per heavy atom. The van der Waals surface area contributed by atoms with Gasteiger partial charge in [0.2, 0.25) is 0 Å². The number of hydrogen-bond donors (Lipinski definition) is 1. The van der Waals surface area contributed by atoms with Gasteiger partial charge in [0.05, 0.1) is 7.11 Å². The van der Waals surface area contributed by atoms with E-state index in [0.717, 1.165) is 23.2 Å². The predicted molar refractivity (Wildman–Crippen MR) is 92.0 cm³/mol. The van der Waals surface area contributed by atoms with Gasteiger partial charge in [-0.05, 0) is 54.8 Å². The van der Waals surface area contributed by atoms with Gasteiger partial charge in [0.1, 0.15) is 5.75 Å². The Morgan fingerprint density at radius 3 is 2.67 bits per heavy atom. The average Bonchev–Trinajstić information content (AvgIpc) is 2.50. The molecule has 112 valence electrons. The highest BCUT2D eigenvalue weighted by Crippen LogP contribution is 2.25. The molecule has 0 bridgehead atoms. The zero-order valence-electron chi connectivity index (χ0n) is 12.8. The molecule has 0 heterocycles. The number of benzene rings is 2. The highest BCUT2D eigenvalue weighted by Gasteiger charge is 2.12. The zero-order valence-corrected chi connectivity index (χ0v) is 14.4. The Kier molecular flexibility index (Phi) is 5.83. The van der Waals surface area contributed by atoms with E-state index in [1.54, 1.807) is 7.11 Å². The van der Waals surface area contributed by atoms with Crippen molar-refractivity contribution in [2.24, 2.45) is 0 Å². The highest BCUT2D eigenvalue weighted by atomic mass is 79.9. The first-order valence-corrected chi connectivity index (χ1v) is 8.05. The van der Waals surface area contributed by atoms with Crippen LogP contribution in [0.1, 0.15) is 29.7 Å². The molecule has 0 aliphatic carbocycles. The summed E-state index contributed by atoms with van der Waals surface area (Å²) in [4.78, 5) is 0. The molecule has 3 heteroatoms. The summed E-state index contributed by atoms with van der Waals surface area (Å²) in [6.07, 6.45) is 0.945. The third kappa shape index (κ3) is 4.32. The Morgan fingerprint density at radius 1 is 1.19 bits per heavy atom. The molecule has 2 aromatic carbocycles. The van der Waals surface area contributed by atoms with Crippen LogP contribution in [0.2, 0.25) is 0 Å². The van der Waals surface area contributed by atoms with Gasteiger partial charge in [0, 0.05) is 10.5 Å². The third-order valence-corrected chi connectivity index (χ3v) is 4.48. The fourth-order valence-corrected chi connectivity index (χ4v) is 2.81. The van der Waals surface area contributed by atoms with Crippen molar-refractivity contribution in [1.82, 2.24) is 5.32 Å². The van der Waals surface area contributed by atoms with Crippen LogP contribution in [0.5, 0.6) is 5.75 Å². The summed E-state index contributed by atoms with van der Waals surface area (Å²) in [6, 6.07) is 15.2. The molecule has 0 saturated carbocycles. The van der Waals surface area contributed by atoms with Gasteiger partial charge in [-0.25, -0.2) is 0 Å². The topological polar surface area (TPSA) is 21.3 Å². The van der Waals surface area contributed by atoms with E-state index in [-0.39, 0.29) is 0 Å². The van der Waals surface area contributed by atoms with Gasteiger partial charge < -0.3 is 10.1 Å². The Bertz CT molecular complexity index is 598. The molecule has 0 spiro atoms. The van der Waals surface area contributed by atoms with Crippen LogP contribution in [0, 0.1) is 6.92 Å². The lowest BCUT2D eigenvalue weighted by atomic mass is 9.98. The van der Waals surface area contributed by atoms with Crippen molar-refractivity contribution >= 4 is 15.9 Å². The normalized spacial score (nSPS) is 12.2. The van der Waals surface area contributed by atoms with Crippen molar-refractivity contribution in [1.29, 1.82) is 0 Å². The molecule has 2 rings (SSSR count). The Balaban J connectivity index is 2.23. The largest absolute Gasteiger partial charge is 0.497 e. The molecule has 2 nitrogen and oxygen atoms in total. The molecule has 2 aromatic rings. The van der Waals surface area contributed by atoms with E-state index in [4.69, 9.17) is 4.74 Å². The number of ether oxygens (including phenoxy) is 1. The van der Waals surface area contributed by atoms with Crippen molar-refractivity contribution in [3.05, 3.63) is 63.6 Å². The second kappa shape index (κ2) is 7.62. The van der Waals surface area contributed by atoms with Gasteiger partial charge in [-0.2, -0.15) is 0 Å². The van der Waals surface area contributed by atoms with E-state index >= 15 is 0 Å². The molecule has 0 saturated heterocycles. The molecule has 1 N–H and O–H groups in total. The number of rotatable bonds is 6. The van der Waals surface area contributed by atoms with Gasteiger partial charge in [0.15, 0.2) is 0 Å². The minimum Gasteiger partial charge on any atom is -0.497 e. The van der Waals surface area contributed by atoms with E-state index in [1.807, 2.05) is 12.1 Å². The van der Waals surface area contributed by atoms with E-state index in [9.17, 15) is 0 Å². The number of hydrogen-bond acceptors (Lipinski definition) is 2. The molecule has 0 aromatic heterocycles. The quantitative estimate of drug-likeness (QED) is 0.820. The smallest absolute Gasteiger partial charge is 0.119 e. The number of likely N-dealkylation sites (N-methyl/N-ethyl adjacent to an activating group) is 1. The minimum atomic E-state index is 0.305. The summed E-state index contributed by atoms with van der Waals surface area (Å²) in [5, 5.41) is 3.57. The van der Waals surface area contributed by atoms with Crippen LogP contribution < -0.4 is 10.1 Å². The Hall–Kier alpha value is -1.32. The minimum absolute atomic E-state index is 0.305. The van der Waals surface area contributed by atoms with Crippen molar-refractivity contribution < 1.29 is 4.74 Å². The number of nitrogens with one attached hydrogen (secondary N) is 1. The molecule has 0 aliphatic heterocycles. The van der Waals surface area contributed by atoms with Crippen LogP contribution in [0.25, 0.3) is 0 Å². The fourth-order valence-electron chi connectivity index (χ4n) is 2.42. The van der Waals surface area contributed by atoms with Crippen LogP contribution in [0.3, 0.4) is 0 Å². The van der Waals surface area contributed by atoms with Crippen molar-refractivity contribution in [2.45, 2.75) is 26.3 Å². The summed E-state index contributed by atoms with van der Waals surface area (Å²) in [7, 11) is 1.71. The average molecular weight is 348 g/mol. The number of methoxy groups -OCH3 is 1. The lowest BCUT2D eigenvalue weighted by molar-refractivity contribution is 0.414. The SMILES string of the molecule is CCNC(Cc1cccc(OC)c1)c1ccc(C)c(Br)c1. The molecule has 1 unspecified atom stereocenters. The molecule has 0 aliphatic rings. The first-order chi connectivity index (χ1) is 10.1. The maximum absolute atomic E-state index is 5.31. The van der Waals surface area contributed by atoms with Gasteiger partial charge in [-0.3, -0.25) is 0 Å². The Labute approximate surface area is 135 Å². The first kappa shape index (κ1) is 16.1. The second-order valence-corrected chi connectivity index (χ2v) is 6.03. The summed E-state index contributed by atoms with van der Waals surface area (Å²) in [5.74, 6) is 0.910. The summed E-state index contributed by atoms with van der Waals surface area (Å²) >= 11 is 3.63. The van der Waals surface area contributed by atoms with Crippen LogP contribution >= 0.6 is 15.9 Å². The van der Waals surface area contributed by atoms with Crippen LogP contribution in [0.4, 0.5) is 0 Å². The van der Waals surface area contributed by atoms with E-state index in [1.165, 1.54) is 16.7 Å². The molecule has 1 atom stereocenters. The maximum atomic E-state index is 5.31. The second-order valence-electron chi connectivity index (χ2n) is 5.17. The summed E-state index contributed by atoms with van der Waals surface area (Å²) < 4.78 is 6.47. The summed E-state index contributed by atoms with van der Waals surface area (Å²) in [5.41, 5.74) is 3.84. The highest BCUT2D eigenvalue weighted by molar-refractivity contribution is 9.10. The zero-order chi connectivity index (χ0) is 15.2. The maximum Gasteiger partial charge on any atom is 0.119 e. The third-order valence-electron chi connectivity index (χ3n) is 3.62. The van der Waals surface area contributed by atoms with Gasteiger partial charge in [0.25, 0.3) is 0 Å². The number of aryl methyl sites for hydroxylation is 1. The molecule has 0 fully saturated rings. The van der Waals surface area contributed by atoms with Crippen molar-refractivity contribution in [3.63, 3.8) is 0 Å². The molecular weight excluding hydrogens is 326 g/mol. The van der Waals surface area contributed by atoms with Crippen molar-refractivity contribution in [3.8, 4) is 5.75 Å². The standard InChI is InChI=1S/C18H22BrNO/c1-4-20-18(15-9-8-13(2)17(19)12-15)11-14-6-5-7-16(10-14)21-3/h5-10,12,18,20H,4,11H2,1-3H3. The molecule has 0 amide bonds. The number of halogens is 1. The van der Waals surface area contributed by atoms with E-state index < -0.39 is 0 Å². The monoisotopic (exact) mass is 347 g/mol. The summed E-state index contributed by atoms with van der Waals surface area (Å²) in [6.45, 7) is 5.19. The van der Waals surface area contributed by atoms with E-state index in [2.05, 4.69) is 65.4 Å². The first-order valence-electron chi connectivity index (χ1n) is 7.26.